The lowest BCUT2D eigenvalue weighted by Crippen LogP contribution is -2.15. The summed E-state index contributed by atoms with van der Waals surface area (Å²) in [4.78, 5) is 11.8. The minimum Gasteiger partial charge on any atom is -0.489 e. The molecule has 0 bridgehead atoms. The van der Waals surface area contributed by atoms with E-state index in [9.17, 15) is 4.79 Å². The number of benzene rings is 2. The normalized spacial score (nSPS) is 9.92. The first-order chi connectivity index (χ1) is 11.2. The van der Waals surface area contributed by atoms with Crippen LogP contribution in [0.25, 0.3) is 0 Å². The van der Waals surface area contributed by atoms with Gasteiger partial charge >= 0.3 is 0 Å². The van der Waals surface area contributed by atoms with Gasteiger partial charge in [-0.25, -0.2) is 0 Å². The minimum atomic E-state index is 0. The first-order valence-corrected chi connectivity index (χ1v) is 7.91. The molecule has 0 fully saturated rings. The molecule has 0 radical (unpaired) electrons. The van der Waals surface area contributed by atoms with Crippen LogP contribution in [0, 0.1) is 6.92 Å². The Labute approximate surface area is 150 Å². The number of ether oxygens (including phenoxy) is 1. The highest BCUT2D eigenvalue weighted by atomic mass is 35.5. The number of nitrogens with one attached hydrogen (secondary N) is 2. The second-order valence-corrected chi connectivity index (χ2v) is 5.50. The van der Waals surface area contributed by atoms with Crippen LogP contribution < -0.4 is 15.4 Å². The van der Waals surface area contributed by atoms with Gasteiger partial charge in [0.2, 0.25) is 5.91 Å². The van der Waals surface area contributed by atoms with Crippen LogP contribution in [0.1, 0.15) is 24.0 Å². The number of hydrogen-bond donors (Lipinski definition) is 2. The van der Waals surface area contributed by atoms with Crippen LogP contribution >= 0.6 is 12.4 Å². The fourth-order valence-electron chi connectivity index (χ4n) is 2.25. The molecule has 2 aromatic carbocycles. The smallest absolute Gasteiger partial charge is 0.224 e. The number of amides is 1. The molecule has 0 aliphatic heterocycles. The molecule has 0 saturated carbocycles. The molecule has 4 nitrogen and oxygen atoms in total. The molecular formula is C19H25ClN2O2. The van der Waals surface area contributed by atoms with Crippen LogP contribution in [0.15, 0.2) is 48.5 Å². The Kier molecular flexibility index (Phi) is 8.90. The highest BCUT2D eigenvalue weighted by Crippen LogP contribution is 2.19. The third-order valence-corrected chi connectivity index (χ3v) is 3.60. The van der Waals surface area contributed by atoms with E-state index in [1.807, 2.05) is 43.4 Å². The summed E-state index contributed by atoms with van der Waals surface area (Å²) < 4.78 is 5.83. The Morgan fingerprint density at radius 3 is 2.67 bits per heavy atom. The van der Waals surface area contributed by atoms with Crippen LogP contribution in [0.2, 0.25) is 0 Å². The van der Waals surface area contributed by atoms with Gasteiger partial charge in [0, 0.05) is 18.2 Å². The molecule has 130 valence electrons. The number of rotatable bonds is 8. The molecule has 0 heterocycles. The maximum absolute atomic E-state index is 11.8. The summed E-state index contributed by atoms with van der Waals surface area (Å²) in [6.45, 7) is 3.43. The van der Waals surface area contributed by atoms with E-state index >= 15 is 0 Å². The molecule has 0 aliphatic rings. The second kappa shape index (κ2) is 10.7. The van der Waals surface area contributed by atoms with Gasteiger partial charge in [-0.15, -0.1) is 12.4 Å². The summed E-state index contributed by atoms with van der Waals surface area (Å²) in [5.41, 5.74) is 3.14. The van der Waals surface area contributed by atoms with Crippen LogP contribution in [-0.2, 0) is 11.4 Å². The molecule has 1 amide bonds. The highest BCUT2D eigenvalue weighted by molar-refractivity contribution is 5.90. The van der Waals surface area contributed by atoms with E-state index < -0.39 is 0 Å². The molecule has 0 aromatic heterocycles. The van der Waals surface area contributed by atoms with Gasteiger partial charge in [-0.1, -0.05) is 30.3 Å². The van der Waals surface area contributed by atoms with Crippen LogP contribution in [0.4, 0.5) is 5.69 Å². The number of halogens is 1. The Bertz CT molecular complexity index is 647. The molecule has 2 aromatic rings. The first-order valence-electron chi connectivity index (χ1n) is 7.91. The van der Waals surface area contributed by atoms with Crippen molar-refractivity contribution >= 4 is 24.0 Å². The molecule has 2 N–H and O–H groups in total. The lowest BCUT2D eigenvalue weighted by molar-refractivity contribution is -0.116. The molecule has 5 heteroatoms. The fraction of sp³-hybridized carbons (Fsp3) is 0.316. The maximum Gasteiger partial charge on any atom is 0.224 e. The van der Waals surface area contributed by atoms with Gasteiger partial charge in [-0.05, 0) is 50.2 Å². The summed E-state index contributed by atoms with van der Waals surface area (Å²) in [6.07, 6.45) is 1.33. The third kappa shape index (κ3) is 6.60. The van der Waals surface area contributed by atoms with Crippen molar-refractivity contribution < 1.29 is 9.53 Å². The average molecular weight is 349 g/mol. The molecule has 24 heavy (non-hydrogen) atoms. The zero-order valence-electron chi connectivity index (χ0n) is 14.2. The minimum absolute atomic E-state index is 0. The molecule has 0 spiro atoms. The van der Waals surface area contributed by atoms with Crippen molar-refractivity contribution in [1.82, 2.24) is 5.32 Å². The Morgan fingerprint density at radius 2 is 1.92 bits per heavy atom. The van der Waals surface area contributed by atoms with E-state index in [0.717, 1.165) is 30.0 Å². The van der Waals surface area contributed by atoms with Gasteiger partial charge < -0.3 is 15.4 Å². The van der Waals surface area contributed by atoms with Crippen LogP contribution in [0.3, 0.4) is 0 Å². The zero-order valence-corrected chi connectivity index (χ0v) is 15.0. The number of carbonyl (C=O) groups is 1. The molecular weight excluding hydrogens is 324 g/mol. The van der Waals surface area contributed by atoms with Crippen molar-refractivity contribution in [2.45, 2.75) is 26.4 Å². The number of carbonyl (C=O) groups excluding carboxylic acids is 1. The first kappa shape index (κ1) is 20.0. The summed E-state index contributed by atoms with van der Waals surface area (Å²) in [5.74, 6) is 0.776. The summed E-state index contributed by atoms with van der Waals surface area (Å²) >= 11 is 0. The quantitative estimate of drug-likeness (QED) is 0.710. The largest absolute Gasteiger partial charge is 0.489 e. The SMILES string of the molecule is CNCCCC(=O)Nc1cccc(OCc2ccccc2C)c1.Cl. The van der Waals surface area contributed by atoms with E-state index in [2.05, 4.69) is 29.7 Å². The predicted molar refractivity (Wildman–Crippen MR) is 101 cm³/mol. The van der Waals surface area contributed by atoms with Crippen molar-refractivity contribution in [2.24, 2.45) is 0 Å². The van der Waals surface area contributed by atoms with Crippen molar-refractivity contribution in [3.63, 3.8) is 0 Å². The highest BCUT2D eigenvalue weighted by Gasteiger charge is 2.04. The zero-order chi connectivity index (χ0) is 16.5. The van der Waals surface area contributed by atoms with Crippen LogP contribution in [-0.4, -0.2) is 19.5 Å². The monoisotopic (exact) mass is 348 g/mol. The number of aryl methyl sites for hydroxylation is 1. The fourth-order valence-corrected chi connectivity index (χ4v) is 2.25. The Morgan fingerprint density at radius 1 is 1.12 bits per heavy atom. The molecule has 0 atom stereocenters. The third-order valence-electron chi connectivity index (χ3n) is 3.60. The molecule has 2 rings (SSSR count). The summed E-state index contributed by atoms with van der Waals surface area (Å²) in [6, 6.07) is 15.7. The van der Waals surface area contributed by atoms with Gasteiger partial charge in [0.15, 0.2) is 0 Å². The number of hydrogen-bond acceptors (Lipinski definition) is 3. The van der Waals surface area contributed by atoms with Gasteiger partial charge in [-0.3, -0.25) is 4.79 Å². The topological polar surface area (TPSA) is 50.4 Å². The van der Waals surface area contributed by atoms with Crippen molar-refractivity contribution in [1.29, 1.82) is 0 Å². The molecule has 0 unspecified atom stereocenters. The standard InChI is InChI=1S/C19H24N2O2.ClH/c1-15-7-3-4-8-16(15)14-23-18-10-5-9-17(13-18)21-19(22)11-6-12-20-2;/h3-5,7-10,13,20H,6,11-12,14H2,1-2H3,(H,21,22);1H. The average Bonchev–Trinajstić information content (AvgIpc) is 2.55. The van der Waals surface area contributed by atoms with E-state index in [-0.39, 0.29) is 18.3 Å². The van der Waals surface area contributed by atoms with Gasteiger partial charge in [-0.2, -0.15) is 0 Å². The van der Waals surface area contributed by atoms with Gasteiger partial charge in [0.05, 0.1) is 0 Å². The Hall–Kier alpha value is -2.04. The van der Waals surface area contributed by atoms with E-state index in [0.29, 0.717) is 13.0 Å². The van der Waals surface area contributed by atoms with Gasteiger partial charge in [0.1, 0.15) is 12.4 Å². The summed E-state index contributed by atoms with van der Waals surface area (Å²) in [7, 11) is 1.88. The van der Waals surface area contributed by atoms with Crippen molar-refractivity contribution in [2.75, 3.05) is 18.9 Å². The van der Waals surface area contributed by atoms with Crippen molar-refractivity contribution in [3.05, 3.63) is 59.7 Å². The molecule has 0 saturated heterocycles. The maximum atomic E-state index is 11.8. The molecule has 0 aliphatic carbocycles. The second-order valence-electron chi connectivity index (χ2n) is 5.50. The van der Waals surface area contributed by atoms with E-state index in [1.54, 1.807) is 0 Å². The Balaban J connectivity index is 0.00000288. The van der Waals surface area contributed by atoms with Crippen molar-refractivity contribution in [3.8, 4) is 5.75 Å². The lowest BCUT2D eigenvalue weighted by Gasteiger charge is -2.10. The van der Waals surface area contributed by atoms with Crippen LogP contribution in [0.5, 0.6) is 5.75 Å². The lowest BCUT2D eigenvalue weighted by atomic mass is 10.1. The van der Waals surface area contributed by atoms with E-state index in [4.69, 9.17) is 4.74 Å². The van der Waals surface area contributed by atoms with Gasteiger partial charge in [0.25, 0.3) is 0 Å². The number of anilines is 1. The van der Waals surface area contributed by atoms with E-state index in [1.165, 1.54) is 5.56 Å². The predicted octanol–water partition coefficient (Wildman–Crippen LogP) is 3.93. The summed E-state index contributed by atoms with van der Waals surface area (Å²) in [5, 5.41) is 5.94.